The number of carbonyl (C=O) groups is 1. The number of nitrogens with zero attached hydrogens (tertiary/aromatic N) is 3. The van der Waals surface area contributed by atoms with Crippen LogP contribution in [0.25, 0.3) is 0 Å². The molecule has 0 aliphatic rings. The number of hydrogen-bond donors (Lipinski definition) is 1. The quantitative estimate of drug-likeness (QED) is 0.738. The van der Waals surface area contributed by atoms with Gasteiger partial charge in [0, 0.05) is 26.3 Å². The van der Waals surface area contributed by atoms with Crippen molar-refractivity contribution in [1.29, 1.82) is 0 Å². The van der Waals surface area contributed by atoms with E-state index in [1.807, 2.05) is 25.1 Å². The fourth-order valence-electron chi connectivity index (χ4n) is 1.20. The number of aromatic nitrogens is 2. The average Bonchev–Trinajstić information content (AvgIpc) is 2.49. The lowest BCUT2D eigenvalue weighted by Gasteiger charge is -2.14. The van der Waals surface area contributed by atoms with Crippen LogP contribution in [0.4, 0.5) is 0 Å². The molecular weight excluding hydrogens is 182 g/mol. The molecule has 0 atom stereocenters. The summed E-state index contributed by atoms with van der Waals surface area (Å²) in [6.45, 7) is 1.28. The van der Waals surface area contributed by atoms with Crippen LogP contribution in [-0.4, -0.2) is 39.3 Å². The molecule has 0 aromatic carbocycles. The van der Waals surface area contributed by atoms with Crippen LogP contribution in [0, 0.1) is 0 Å². The van der Waals surface area contributed by atoms with Crippen molar-refractivity contribution >= 4 is 5.97 Å². The van der Waals surface area contributed by atoms with Gasteiger partial charge in [-0.1, -0.05) is 0 Å². The van der Waals surface area contributed by atoms with Crippen molar-refractivity contribution in [2.24, 2.45) is 7.05 Å². The summed E-state index contributed by atoms with van der Waals surface area (Å²) >= 11 is 0. The monoisotopic (exact) mass is 197 g/mol. The van der Waals surface area contributed by atoms with E-state index in [1.54, 1.807) is 10.9 Å². The van der Waals surface area contributed by atoms with Crippen LogP contribution in [0.3, 0.4) is 0 Å². The lowest BCUT2D eigenvalue weighted by Crippen LogP contribution is -2.22. The zero-order valence-corrected chi connectivity index (χ0v) is 8.47. The molecule has 1 aromatic heterocycles. The van der Waals surface area contributed by atoms with Crippen molar-refractivity contribution in [2.45, 2.75) is 13.0 Å². The lowest BCUT2D eigenvalue weighted by atomic mass is 10.3. The van der Waals surface area contributed by atoms with E-state index in [1.165, 1.54) is 0 Å². The van der Waals surface area contributed by atoms with E-state index in [0.29, 0.717) is 6.54 Å². The lowest BCUT2D eigenvalue weighted by molar-refractivity contribution is -0.137. The van der Waals surface area contributed by atoms with Gasteiger partial charge in [-0.3, -0.25) is 14.4 Å². The number of rotatable bonds is 5. The molecule has 5 nitrogen and oxygen atoms in total. The molecule has 0 aliphatic carbocycles. The summed E-state index contributed by atoms with van der Waals surface area (Å²) in [7, 11) is 3.77. The number of aliphatic carboxylic acids is 1. The van der Waals surface area contributed by atoms with Gasteiger partial charge in [-0.05, 0) is 13.1 Å². The van der Waals surface area contributed by atoms with Gasteiger partial charge in [-0.15, -0.1) is 0 Å². The minimum atomic E-state index is -0.762. The van der Waals surface area contributed by atoms with Crippen LogP contribution in [0.1, 0.15) is 12.1 Å². The van der Waals surface area contributed by atoms with E-state index < -0.39 is 5.97 Å². The van der Waals surface area contributed by atoms with Crippen molar-refractivity contribution in [2.75, 3.05) is 13.6 Å². The summed E-state index contributed by atoms with van der Waals surface area (Å²) in [5.41, 5.74) is 1.08. The third-order valence-corrected chi connectivity index (χ3v) is 2.06. The SMILES string of the molecule is CN(CCC(=O)O)Cc1ccnn1C. The topological polar surface area (TPSA) is 58.4 Å². The van der Waals surface area contributed by atoms with E-state index >= 15 is 0 Å². The van der Waals surface area contributed by atoms with E-state index in [-0.39, 0.29) is 6.42 Å². The van der Waals surface area contributed by atoms with Gasteiger partial charge in [0.1, 0.15) is 0 Å². The number of aryl methyl sites for hydroxylation is 1. The van der Waals surface area contributed by atoms with Gasteiger partial charge in [0.15, 0.2) is 0 Å². The summed E-state index contributed by atoms with van der Waals surface area (Å²) < 4.78 is 1.79. The minimum absolute atomic E-state index is 0.175. The van der Waals surface area contributed by atoms with Gasteiger partial charge in [0.2, 0.25) is 0 Å². The summed E-state index contributed by atoms with van der Waals surface area (Å²) in [6, 6.07) is 1.93. The molecule has 0 radical (unpaired) electrons. The first-order chi connectivity index (χ1) is 6.59. The molecular formula is C9H15N3O2. The van der Waals surface area contributed by atoms with E-state index in [0.717, 1.165) is 12.2 Å². The molecule has 0 saturated heterocycles. The second-order valence-electron chi connectivity index (χ2n) is 3.33. The van der Waals surface area contributed by atoms with Gasteiger partial charge in [-0.25, -0.2) is 0 Å². The highest BCUT2D eigenvalue weighted by molar-refractivity contribution is 5.66. The Morgan fingerprint density at radius 1 is 1.71 bits per heavy atom. The Balaban J connectivity index is 2.37. The predicted molar refractivity (Wildman–Crippen MR) is 51.8 cm³/mol. The number of hydrogen-bond acceptors (Lipinski definition) is 3. The molecule has 0 fully saturated rings. The molecule has 5 heteroatoms. The first kappa shape index (κ1) is 10.7. The van der Waals surface area contributed by atoms with Crippen LogP contribution in [-0.2, 0) is 18.4 Å². The Hall–Kier alpha value is -1.36. The van der Waals surface area contributed by atoms with Gasteiger partial charge in [0.05, 0.1) is 12.1 Å². The van der Waals surface area contributed by atoms with E-state index in [2.05, 4.69) is 5.10 Å². The molecule has 0 unspecified atom stereocenters. The van der Waals surface area contributed by atoms with Crippen molar-refractivity contribution < 1.29 is 9.90 Å². The van der Waals surface area contributed by atoms with Gasteiger partial charge < -0.3 is 5.11 Å². The third-order valence-electron chi connectivity index (χ3n) is 2.06. The van der Waals surface area contributed by atoms with Gasteiger partial charge in [-0.2, -0.15) is 5.10 Å². The minimum Gasteiger partial charge on any atom is -0.481 e. The molecule has 1 N–H and O–H groups in total. The van der Waals surface area contributed by atoms with Crippen molar-refractivity contribution in [3.8, 4) is 0 Å². The summed E-state index contributed by atoms with van der Waals surface area (Å²) in [5, 5.41) is 12.5. The standard InChI is InChI=1S/C9H15N3O2/c1-11(6-4-9(13)14)7-8-3-5-10-12(8)2/h3,5H,4,6-7H2,1-2H3,(H,13,14). The van der Waals surface area contributed by atoms with Crippen LogP contribution in [0.2, 0.25) is 0 Å². The van der Waals surface area contributed by atoms with E-state index in [4.69, 9.17) is 5.11 Å². The molecule has 14 heavy (non-hydrogen) atoms. The third kappa shape index (κ3) is 3.18. The Bertz CT molecular complexity index is 309. The normalized spacial score (nSPS) is 10.8. The molecule has 78 valence electrons. The maximum atomic E-state index is 10.3. The number of carboxylic acids is 1. The molecule has 0 saturated carbocycles. The average molecular weight is 197 g/mol. The first-order valence-corrected chi connectivity index (χ1v) is 4.47. The highest BCUT2D eigenvalue weighted by Gasteiger charge is 2.05. The van der Waals surface area contributed by atoms with Crippen LogP contribution in [0.15, 0.2) is 12.3 Å². The van der Waals surface area contributed by atoms with Gasteiger partial charge >= 0.3 is 5.97 Å². The molecule has 0 spiro atoms. The van der Waals surface area contributed by atoms with Crippen molar-refractivity contribution in [3.63, 3.8) is 0 Å². The fraction of sp³-hybridized carbons (Fsp3) is 0.556. The molecule has 0 bridgehead atoms. The smallest absolute Gasteiger partial charge is 0.304 e. The largest absolute Gasteiger partial charge is 0.481 e. The van der Waals surface area contributed by atoms with Crippen LogP contribution >= 0.6 is 0 Å². The molecule has 0 amide bonds. The molecule has 1 rings (SSSR count). The maximum Gasteiger partial charge on any atom is 0.304 e. The first-order valence-electron chi connectivity index (χ1n) is 4.47. The predicted octanol–water partition coefficient (Wildman–Crippen LogP) is 0.327. The van der Waals surface area contributed by atoms with Crippen molar-refractivity contribution in [1.82, 2.24) is 14.7 Å². The van der Waals surface area contributed by atoms with Crippen LogP contribution in [0.5, 0.6) is 0 Å². The molecule has 0 aliphatic heterocycles. The molecule has 1 aromatic rings. The number of carboxylic acid groups (broad SMARTS) is 1. The second-order valence-corrected chi connectivity index (χ2v) is 3.33. The summed E-state index contributed by atoms with van der Waals surface area (Å²) in [5.74, 6) is -0.762. The summed E-state index contributed by atoms with van der Waals surface area (Å²) in [4.78, 5) is 12.3. The zero-order chi connectivity index (χ0) is 10.6. The highest BCUT2D eigenvalue weighted by Crippen LogP contribution is 2.01. The van der Waals surface area contributed by atoms with Crippen molar-refractivity contribution in [3.05, 3.63) is 18.0 Å². The second kappa shape index (κ2) is 4.76. The Kier molecular flexibility index (Phi) is 3.64. The van der Waals surface area contributed by atoms with E-state index in [9.17, 15) is 4.79 Å². The molecule has 1 heterocycles. The maximum absolute atomic E-state index is 10.3. The van der Waals surface area contributed by atoms with Gasteiger partial charge in [0.25, 0.3) is 0 Å². The Morgan fingerprint density at radius 3 is 2.93 bits per heavy atom. The summed E-state index contributed by atoms with van der Waals surface area (Å²) in [6.07, 6.45) is 1.91. The zero-order valence-electron chi connectivity index (χ0n) is 8.47. The Labute approximate surface area is 82.9 Å². The van der Waals surface area contributed by atoms with Crippen LogP contribution < -0.4 is 0 Å². The highest BCUT2D eigenvalue weighted by atomic mass is 16.4. The fourth-order valence-corrected chi connectivity index (χ4v) is 1.20. The Morgan fingerprint density at radius 2 is 2.43 bits per heavy atom.